The second-order valence-corrected chi connectivity index (χ2v) is 3.29. The minimum Gasteiger partial charge on any atom is -0.477 e. The van der Waals surface area contributed by atoms with Crippen molar-refractivity contribution < 1.29 is 14.3 Å². The summed E-state index contributed by atoms with van der Waals surface area (Å²) in [5, 5.41) is 0. The molecule has 0 saturated heterocycles. The lowest BCUT2D eigenvalue weighted by Gasteiger charge is -2.04. The molecule has 0 bridgehead atoms. The van der Waals surface area contributed by atoms with E-state index in [2.05, 4.69) is 21.6 Å². The van der Waals surface area contributed by atoms with Crippen LogP contribution in [0.15, 0.2) is 12.4 Å². The van der Waals surface area contributed by atoms with Crippen LogP contribution in [0.25, 0.3) is 0 Å². The van der Waals surface area contributed by atoms with Gasteiger partial charge in [0.2, 0.25) is 5.88 Å². The highest BCUT2D eigenvalue weighted by molar-refractivity contribution is 5.86. The van der Waals surface area contributed by atoms with Gasteiger partial charge < -0.3 is 9.47 Å². The minimum atomic E-state index is -0.508. The molecule has 0 atom stereocenters. The summed E-state index contributed by atoms with van der Waals surface area (Å²) in [5.74, 6) is -0.148. The number of unbranched alkanes of at least 4 members (excludes halogenated alkanes) is 2. The van der Waals surface area contributed by atoms with Crippen molar-refractivity contribution in [1.82, 2.24) is 9.97 Å². The molecular weight excluding hydrogens is 208 g/mol. The number of methoxy groups -OCH3 is 1. The van der Waals surface area contributed by atoms with Crippen molar-refractivity contribution in [2.24, 2.45) is 0 Å². The number of hydrogen-bond acceptors (Lipinski definition) is 5. The smallest absolute Gasteiger partial charge is 0.358 e. The van der Waals surface area contributed by atoms with Crippen LogP contribution in [0.4, 0.5) is 0 Å². The Bertz CT molecular complexity index is 342. The van der Waals surface area contributed by atoms with E-state index < -0.39 is 5.97 Å². The zero-order valence-corrected chi connectivity index (χ0v) is 9.60. The van der Waals surface area contributed by atoms with E-state index in [-0.39, 0.29) is 5.69 Å². The Morgan fingerprint density at radius 3 is 2.88 bits per heavy atom. The highest BCUT2D eigenvalue weighted by atomic mass is 16.5. The van der Waals surface area contributed by atoms with Crippen molar-refractivity contribution in [1.29, 1.82) is 0 Å². The Morgan fingerprint density at radius 1 is 1.38 bits per heavy atom. The fraction of sp³-hybridized carbons (Fsp3) is 0.545. The van der Waals surface area contributed by atoms with Crippen molar-refractivity contribution in [2.75, 3.05) is 13.7 Å². The van der Waals surface area contributed by atoms with E-state index in [0.29, 0.717) is 12.5 Å². The molecule has 1 aromatic rings. The Labute approximate surface area is 94.8 Å². The molecule has 0 aliphatic rings. The van der Waals surface area contributed by atoms with Crippen molar-refractivity contribution >= 4 is 5.97 Å². The maximum atomic E-state index is 11.2. The van der Waals surface area contributed by atoms with Gasteiger partial charge in [-0.15, -0.1) is 0 Å². The van der Waals surface area contributed by atoms with Crippen molar-refractivity contribution in [3.63, 3.8) is 0 Å². The topological polar surface area (TPSA) is 61.3 Å². The van der Waals surface area contributed by atoms with Crippen LogP contribution in [0, 0.1) is 0 Å². The average Bonchev–Trinajstić information content (AvgIpc) is 2.34. The SMILES string of the molecule is CCCCCOc1cncc(C(=O)OC)n1. The maximum absolute atomic E-state index is 11.2. The zero-order valence-electron chi connectivity index (χ0n) is 9.60. The molecule has 1 heterocycles. The van der Waals surface area contributed by atoms with Gasteiger partial charge in [-0.3, -0.25) is 4.98 Å². The summed E-state index contributed by atoms with van der Waals surface area (Å²) >= 11 is 0. The van der Waals surface area contributed by atoms with Gasteiger partial charge in [-0.05, 0) is 6.42 Å². The standard InChI is InChI=1S/C11H16N2O3/c1-3-4-5-6-16-10-8-12-7-9(13-10)11(14)15-2/h7-8H,3-6H2,1-2H3. The lowest BCUT2D eigenvalue weighted by molar-refractivity contribution is 0.0592. The maximum Gasteiger partial charge on any atom is 0.358 e. The number of hydrogen-bond donors (Lipinski definition) is 0. The molecule has 0 aliphatic heterocycles. The Balaban J connectivity index is 2.50. The van der Waals surface area contributed by atoms with E-state index in [4.69, 9.17) is 4.74 Å². The number of nitrogens with zero attached hydrogens (tertiary/aromatic N) is 2. The first-order chi connectivity index (χ1) is 7.77. The van der Waals surface area contributed by atoms with Crippen molar-refractivity contribution in [2.45, 2.75) is 26.2 Å². The molecule has 0 unspecified atom stereocenters. The van der Waals surface area contributed by atoms with Crippen LogP contribution in [0.5, 0.6) is 5.88 Å². The van der Waals surface area contributed by atoms with Gasteiger partial charge in [0, 0.05) is 0 Å². The third-order valence-electron chi connectivity index (χ3n) is 2.00. The first-order valence-electron chi connectivity index (χ1n) is 5.31. The van der Waals surface area contributed by atoms with Gasteiger partial charge in [-0.2, -0.15) is 0 Å². The number of aromatic nitrogens is 2. The third-order valence-corrected chi connectivity index (χ3v) is 2.00. The highest BCUT2D eigenvalue weighted by Crippen LogP contribution is 2.07. The molecular formula is C11H16N2O3. The van der Waals surface area contributed by atoms with Crippen LogP contribution in [0.1, 0.15) is 36.7 Å². The highest BCUT2D eigenvalue weighted by Gasteiger charge is 2.08. The van der Waals surface area contributed by atoms with Gasteiger partial charge in [-0.1, -0.05) is 19.8 Å². The molecule has 5 nitrogen and oxygen atoms in total. The summed E-state index contributed by atoms with van der Waals surface area (Å²) in [6.45, 7) is 2.71. The fourth-order valence-corrected chi connectivity index (χ4v) is 1.15. The number of ether oxygens (including phenoxy) is 2. The van der Waals surface area contributed by atoms with E-state index in [9.17, 15) is 4.79 Å². The summed E-state index contributed by atoms with van der Waals surface area (Å²) < 4.78 is 9.90. The summed E-state index contributed by atoms with van der Waals surface area (Å²) in [6.07, 6.45) is 6.06. The first kappa shape index (κ1) is 12.4. The lowest BCUT2D eigenvalue weighted by Crippen LogP contribution is -2.07. The summed E-state index contributed by atoms with van der Waals surface area (Å²) in [7, 11) is 1.30. The normalized spacial score (nSPS) is 9.88. The second-order valence-electron chi connectivity index (χ2n) is 3.29. The summed E-state index contributed by atoms with van der Waals surface area (Å²) in [4.78, 5) is 19.0. The van der Waals surface area contributed by atoms with Crippen LogP contribution < -0.4 is 4.74 Å². The average molecular weight is 224 g/mol. The number of carbonyl (C=O) groups excluding carboxylic acids is 1. The molecule has 88 valence electrons. The van der Waals surface area contributed by atoms with Gasteiger partial charge in [0.1, 0.15) is 0 Å². The number of carbonyl (C=O) groups is 1. The summed E-state index contributed by atoms with van der Waals surface area (Å²) in [5.41, 5.74) is 0.162. The molecule has 1 rings (SSSR count). The van der Waals surface area contributed by atoms with E-state index in [0.717, 1.165) is 19.3 Å². The fourth-order valence-electron chi connectivity index (χ4n) is 1.15. The van der Waals surface area contributed by atoms with Crippen molar-refractivity contribution in [3.05, 3.63) is 18.1 Å². The first-order valence-corrected chi connectivity index (χ1v) is 5.31. The minimum absolute atomic E-state index is 0.162. The lowest BCUT2D eigenvalue weighted by atomic mass is 10.3. The van der Waals surface area contributed by atoms with E-state index >= 15 is 0 Å². The predicted molar refractivity (Wildman–Crippen MR) is 58.4 cm³/mol. The number of rotatable bonds is 6. The predicted octanol–water partition coefficient (Wildman–Crippen LogP) is 1.83. The number of esters is 1. The monoisotopic (exact) mass is 224 g/mol. The molecule has 0 aromatic carbocycles. The van der Waals surface area contributed by atoms with Crippen LogP contribution in [-0.4, -0.2) is 29.7 Å². The third kappa shape index (κ3) is 3.84. The summed E-state index contributed by atoms with van der Waals surface area (Å²) in [6, 6.07) is 0. The molecule has 5 heteroatoms. The molecule has 1 aromatic heterocycles. The molecule has 0 saturated carbocycles. The van der Waals surface area contributed by atoms with Crippen LogP contribution in [-0.2, 0) is 4.74 Å². The molecule has 0 spiro atoms. The Morgan fingerprint density at radius 2 is 2.19 bits per heavy atom. The Kier molecular flexibility index (Phi) is 5.25. The van der Waals surface area contributed by atoms with Gasteiger partial charge >= 0.3 is 5.97 Å². The zero-order chi connectivity index (χ0) is 11.8. The van der Waals surface area contributed by atoms with Gasteiger partial charge in [0.05, 0.1) is 26.1 Å². The molecule has 0 aliphatic carbocycles. The quantitative estimate of drug-likeness (QED) is 0.545. The molecule has 0 radical (unpaired) electrons. The molecule has 0 N–H and O–H groups in total. The van der Waals surface area contributed by atoms with Crippen LogP contribution >= 0.6 is 0 Å². The Hall–Kier alpha value is -1.65. The second kappa shape index (κ2) is 6.76. The molecule has 16 heavy (non-hydrogen) atoms. The van der Waals surface area contributed by atoms with E-state index in [1.807, 2.05) is 0 Å². The van der Waals surface area contributed by atoms with Gasteiger partial charge in [0.25, 0.3) is 0 Å². The van der Waals surface area contributed by atoms with Crippen LogP contribution in [0.2, 0.25) is 0 Å². The van der Waals surface area contributed by atoms with E-state index in [1.165, 1.54) is 19.5 Å². The van der Waals surface area contributed by atoms with E-state index in [1.54, 1.807) is 0 Å². The molecule has 0 amide bonds. The van der Waals surface area contributed by atoms with Crippen LogP contribution in [0.3, 0.4) is 0 Å². The largest absolute Gasteiger partial charge is 0.477 e. The van der Waals surface area contributed by atoms with Gasteiger partial charge in [0.15, 0.2) is 5.69 Å². The molecule has 0 fully saturated rings. The van der Waals surface area contributed by atoms with Crippen molar-refractivity contribution in [3.8, 4) is 5.88 Å². The van der Waals surface area contributed by atoms with Gasteiger partial charge in [-0.25, -0.2) is 9.78 Å².